The van der Waals surface area contributed by atoms with E-state index < -0.39 is 5.54 Å². The van der Waals surface area contributed by atoms with Crippen LogP contribution in [0.3, 0.4) is 0 Å². The average Bonchev–Trinajstić information content (AvgIpc) is 2.67. The molecular weight excluding hydrogens is 260 g/mol. The van der Waals surface area contributed by atoms with Gasteiger partial charge in [0.2, 0.25) is 0 Å². The summed E-state index contributed by atoms with van der Waals surface area (Å²) in [4.78, 5) is 29.7. The van der Waals surface area contributed by atoms with Crippen molar-refractivity contribution >= 4 is 17.8 Å². The summed E-state index contributed by atoms with van der Waals surface area (Å²) in [6.45, 7) is 1.19. The van der Waals surface area contributed by atoms with E-state index in [0.29, 0.717) is 31.9 Å². The third kappa shape index (κ3) is 2.09. The molecule has 1 aromatic rings. The second-order valence-electron chi connectivity index (χ2n) is 5.11. The van der Waals surface area contributed by atoms with E-state index in [9.17, 15) is 9.59 Å². The van der Waals surface area contributed by atoms with Crippen LogP contribution in [0.4, 0.5) is 10.6 Å². The van der Waals surface area contributed by atoms with Gasteiger partial charge < -0.3 is 15.8 Å². The van der Waals surface area contributed by atoms with Gasteiger partial charge in [0.25, 0.3) is 5.91 Å². The quantitative estimate of drug-likeness (QED) is 0.755. The van der Waals surface area contributed by atoms with Crippen molar-refractivity contribution < 1.29 is 14.3 Å². The Bertz CT molecular complexity index is 537. The minimum atomic E-state index is -0.781. The molecule has 3 amide bonds. The normalized spacial score (nSPS) is 21.3. The number of carbonyl (C=O) groups is 2. The summed E-state index contributed by atoms with van der Waals surface area (Å²) in [5.74, 6) is 0.231. The first-order valence-electron chi connectivity index (χ1n) is 6.53. The zero-order valence-electron chi connectivity index (χ0n) is 11.0. The third-order valence-electron chi connectivity index (χ3n) is 3.78. The smallest absolute Gasteiger partial charge is 0.325 e. The number of hydrogen-bond acceptors (Lipinski definition) is 5. The molecule has 2 aliphatic heterocycles. The van der Waals surface area contributed by atoms with Gasteiger partial charge in [0.15, 0.2) is 0 Å². The number of urea groups is 1. The fraction of sp³-hybridized carbons (Fsp3) is 0.462. The zero-order chi connectivity index (χ0) is 14.2. The molecule has 7 heteroatoms. The number of hydrogen-bond donors (Lipinski definition) is 2. The first-order valence-corrected chi connectivity index (χ1v) is 6.53. The predicted molar refractivity (Wildman–Crippen MR) is 70.5 cm³/mol. The van der Waals surface area contributed by atoms with Crippen LogP contribution in [0, 0.1) is 0 Å². The number of nitrogens with one attached hydrogen (secondary N) is 1. The monoisotopic (exact) mass is 276 g/mol. The number of ether oxygens (including phenoxy) is 1. The van der Waals surface area contributed by atoms with Crippen molar-refractivity contribution in [2.45, 2.75) is 24.9 Å². The highest BCUT2D eigenvalue weighted by Gasteiger charge is 2.51. The van der Waals surface area contributed by atoms with Crippen LogP contribution in [0.5, 0.6) is 0 Å². The van der Waals surface area contributed by atoms with Crippen LogP contribution in [-0.2, 0) is 16.1 Å². The fourth-order valence-corrected chi connectivity index (χ4v) is 2.59. The standard InChI is InChI=1S/C13H16N4O3/c14-10-2-1-9(7-15-10)8-17-11(18)13(16-12(17)19)3-5-20-6-4-13/h1-2,7H,3-6,8H2,(H2,14,15)(H,16,19). The summed E-state index contributed by atoms with van der Waals surface area (Å²) >= 11 is 0. The summed E-state index contributed by atoms with van der Waals surface area (Å²) in [5, 5.41) is 2.81. The van der Waals surface area contributed by atoms with Crippen LogP contribution in [-0.4, -0.2) is 40.6 Å². The maximum absolute atomic E-state index is 12.5. The maximum Gasteiger partial charge on any atom is 0.325 e. The minimum absolute atomic E-state index is 0.178. The number of nitrogen functional groups attached to an aromatic ring is 1. The number of anilines is 1. The Labute approximate surface area is 116 Å². The van der Waals surface area contributed by atoms with Crippen molar-refractivity contribution in [3.8, 4) is 0 Å². The highest BCUT2D eigenvalue weighted by Crippen LogP contribution is 2.29. The van der Waals surface area contributed by atoms with Crippen molar-refractivity contribution in [2.24, 2.45) is 0 Å². The van der Waals surface area contributed by atoms with Gasteiger partial charge in [-0.2, -0.15) is 0 Å². The van der Waals surface area contributed by atoms with Gasteiger partial charge in [-0.15, -0.1) is 0 Å². The van der Waals surface area contributed by atoms with E-state index >= 15 is 0 Å². The van der Waals surface area contributed by atoms with E-state index in [-0.39, 0.29) is 18.5 Å². The number of carbonyl (C=O) groups excluding carboxylic acids is 2. The number of amides is 3. The molecule has 3 heterocycles. The number of rotatable bonds is 2. The first-order chi connectivity index (χ1) is 9.61. The lowest BCUT2D eigenvalue weighted by molar-refractivity contribution is -0.134. The number of imide groups is 1. The molecule has 106 valence electrons. The lowest BCUT2D eigenvalue weighted by Crippen LogP contribution is -2.51. The second kappa shape index (κ2) is 4.75. The molecule has 0 aromatic carbocycles. The van der Waals surface area contributed by atoms with Crippen molar-refractivity contribution in [1.29, 1.82) is 0 Å². The molecule has 3 rings (SSSR count). The molecule has 1 spiro atoms. The molecule has 0 bridgehead atoms. The minimum Gasteiger partial charge on any atom is -0.384 e. The molecule has 3 N–H and O–H groups in total. The van der Waals surface area contributed by atoms with Crippen molar-refractivity contribution in [3.63, 3.8) is 0 Å². The van der Waals surface area contributed by atoms with Gasteiger partial charge in [0, 0.05) is 32.3 Å². The molecule has 20 heavy (non-hydrogen) atoms. The predicted octanol–water partition coefficient (Wildman–Crippen LogP) is 0.265. The molecule has 0 radical (unpaired) electrons. The average molecular weight is 276 g/mol. The SMILES string of the molecule is Nc1ccc(CN2C(=O)NC3(CCOCC3)C2=O)cn1. The number of nitrogens with zero attached hydrogens (tertiary/aromatic N) is 2. The molecule has 1 aromatic heterocycles. The van der Waals surface area contributed by atoms with E-state index in [1.54, 1.807) is 18.3 Å². The van der Waals surface area contributed by atoms with E-state index in [1.165, 1.54) is 4.90 Å². The van der Waals surface area contributed by atoms with Crippen LogP contribution < -0.4 is 11.1 Å². The molecule has 0 aliphatic carbocycles. The van der Waals surface area contributed by atoms with Crippen molar-refractivity contribution in [1.82, 2.24) is 15.2 Å². The Morgan fingerprint density at radius 2 is 2.10 bits per heavy atom. The Morgan fingerprint density at radius 1 is 1.35 bits per heavy atom. The summed E-state index contributed by atoms with van der Waals surface area (Å²) in [7, 11) is 0. The highest BCUT2D eigenvalue weighted by molar-refractivity contribution is 6.07. The molecule has 0 saturated carbocycles. The Morgan fingerprint density at radius 3 is 2.75 bits per heavy atom. The van der Waals surface area contributed by atoms with E-state index in [2.05, 4.69) is 10.3 Å². The number of pyridine rings is 1. The van der Waals surface area contributed by atoms with Gasteiger partial charge in [-0.05, 0) is 11.6 Å². The summed E-state index contributed by atoms with van der Waals surface area (Å²) < 4.78 is 5.26. The highest BCUT2D eigenvalue weighted by atomic mass is 16.5. The molecule has 2 fully saturated rings. The van der Waals surface area contributed by atoms with Gasteiger partial charge in [0.1, 0.15) is 11.4 Å². The Hall–Kier alpha value is -2.15. The van der Waals surface area contributed by atoms with Gasteiger partial charge >= 0.3 is 6.03 Å². The lowest BCUT2D eigenvalue weighted by Gasteiger charge is -2.30. The van der Waals surface area contributed by atoms with Crippen LogP contribution in [0.2, 0.25) is 0 Å². The molecular formula is C13H16N4O3. The molecule has 7 nitrogen and oxygen atoms in total. The largest absolute Gasteiger partial charge is 0.384 e. The summed E-state index contributed by atoms with van der Waals surface area (Å²) in [5.41, 5.74) is 5.51. The van der Waals surface area contributed by atoms with E-state index in [0.717, 1.165) is 5.56 Å². The van der Waals surface area contributed by atoms with Crippen LogP contribution >= 0.6 is 0 Å². The number of aromatic nitrogens is 1. The zero-order valence-corrected chi connectivity index (χ0v) is 11.0. The number of nitrogens with two attached hydrogens (primary N) is 1. The Kier molecular flexibility index (Phi) is 3.06. The summed E-state index contributed by atoms with van der Waals surface area (Å²) in [6, 6.07) is 3.06. The van der Waals surface area contributed by atoms with Crippen LogP contribution in [0.15, 0.2) is 18.3 Å². The molecule has 2 aliphatic rings. The van der Waals surface area contributed by atoms with Crippen LogP contribution in [0.1, 0.15) is 18.4 Å². The van der Waals surface area contributed by atoms with Gasteiger partial charge in [-0.25, -0.2) is 9.78 Å². The Balaban J connectivity index is 1.78. The van der Waals surface area contributed by atoms with Crippen LogP contribution in [0.25, 0.3) is 0 Å². The van der Waals surface area contributed by atoms with Crippen molar-refractivity contribution in [2.75, 3.05) is 18.9 Å². The van der Waals surface area contributed by atoms with E-state index in [1.807, 2.05) is 0 Å². The first kappa shape index (κ1) is 12.9. The van der Waals surface area contributed by atoms with Crippen molar-refractivity contribution in [3.05, 3.63) is 23.9 Å². The maximum atomic E-state index is 12.5. The summed E-state index contributed by atoms with van der Waals surface area (Å²) in [6.07, 6.45) is 2.62. The van der Waals surface area contributed by atoms with Gasteiger partial charge in [-0.3, -0.25) is 9.69 Å². The second-order valence-corrected chi connectivity index (χ2v) is 5.11. The van der Waals surface area contributed by atoms with Gasteiger partial charge in [-0.1, -0.05) is 6.07 Å². The fourth-order valence-electron chi connectivity index (χ4n) is 2.59. The topological polar surface area (TPSA) is 97.5 Å². The molecule has 0 unspecified atom stereocenters. The van der Waals surface area contributed by atoms with Gasteiger partial charge in [0.05, 0.1) is 6.54 Å². The third-order valence-corrected chi connectivity index (χ3v) is 3.78. The lowest BCUT2D eigenvalue weighted by atomic mass is 9.90. The van der Waals surface area contributed by atoms with E-state index in [4.69, 9.17) is 10.5 Å². The molecule has 0 atom stereocenters. The molecule has 2 saturated heterocycles.